The summed E-state index contributed by atoms with van der Waals surface area (Å²) in [6, 6.07) is 13.8. The number of carbonyl (C=O) groups excluding carboxylic acids is 1. The molecule has 0 radical (unpaired) electrons. The highest BCUT2D eigenvalue weighted by Gasteiger charge is 2.59. The second kappa shape index (κ2) is 11.8. The third-order valence-corrected chi connectivity index (χ3v) is 10.7. The summed E-state index contributed by atoms with van der Waals surface area (Å²) < 4.78 is 48.0. The van der Waals surface area contributed by atoms with Crippen LogP contribution >= 0.6 is 0 Å². The van der Waals surface area contributed by atoms with Crippen molar-refractivity contribution in [1.82, 2.24) is 19.7 Å². The molecule has 3 heterocycles. The zero-order valence-corrected chi connectivity index (χ0v) is 24.9. The van der Waals surface area contributed by atoms with Gasteiger partial charge in [0, 0.05) is 43.7 Å². The van der Waals surface area contributed by atoms with Gasteiger partial charge in [0.1, 0.15) is 21.6 Å². The number of aromatic nitrogens is 4. The lowest BCUT2D eigenvalue weighted by Gasteiger charge is -2.29. The van der Waals surface area contributed by atoms with E-state index in [1.165, 1.54) is 30.3 Å². The Morgan fingerprint density at radius 3 is 2.34 bits per heavy atom. The molecule has 44 heavy (non-hydrogen) atoms. The van der Waals surface area contributed by atoms with Crippen molar-refractivity contribution < 1.29 is 22.3 Å². The molecule has 2 amide bonds. The van der Waals surface area contributed by atoms with Crippen LogP contribution < -0.4 is 15.5 Å². The molecule has 2 aliphatic rings. The zero-order valence-electron chi connectivity index (χ0n) is 24.1. The molecule has 13 heteroatoms. The van der Waals surface area contributed by atoms with Gasteiger partial charge >= 0.3 is 6.03 Å². The van der Waals surface area contributed by atoms with E-state index < -0.39 is 31.7 Å². The summed E-state index contributed by atoms with van der Waals surface area (Å²) in [6.45, 7) is 6.08. The van der Waals surface area contributed by atoms with Crippen molar-refractivity contribution in [3.05, 3.63) is 96.7 Å². The molecule has 1 saturated carbocycles. The van der Waals surface area contributed by atoms with Crippen LogP contribution in [0.2, 0.25) is 0 Å². The van der Waals surface area contributed by atoms with Crippen LogP contribution in [0.5, 0.6) is 0 Å². The number of benzene rings is 2. The van der Waals surface area contributed by atoms with Crippen molar-refractivity contribution in [2.75, 3.05) is 41.8 Å². The van der Waals surface area contributed by atoms with Crippen LogP contribution in [0.25, 0.3) is 11.4 Å². The van der Waals surface area contributed by atoms with E-state index in [4.69, 9.17) is 14.7 Å². The number of hydrogen-bond donors (Lipinski definition) is 2. The topological polar surface area (TPSA) is 131 Å². The van der Waals surface area contributed by atoms with Crippen molar-refractivity contribution in [3.8, 4) is 11.4 Å². The van der Waals surface area contributed by atoms with Gasteiger partial charge in [-0.2, -0.15) is 5.10 Å². The standard InChI is InChI=1S/C31H32FN7O4S/c1-3-26(21-4-8-23(32)9-5-21)44(41,42)31(12-13-31)27-18-28(39-14-16-43-17-15-39)37-29(36-27)22-6-10-24(11-7-22)34-30(40)35-25-19-33-38(2)20-25/h3-11,18-20,26H,1,12-17H2,2H3,(H2,34,35,40). The highest BCUT2D eigenvalue weighted by atomic mass is 32.2. The van der Waals surface area contributed by atoms with Gasteiger partial charge in [0.25, 0.3) is 0 Å². The third-order valence-electron chi connectivity index (χ3n) is 7.87. The summed E-state index contributed by atoms with van der Waals surface area (Å²) in [5.74, 6) is 0.541. The van der Waals surface area contributed by atoms with E-state index in [1.807, 2.05) is 0 Å². The first-order valence-electron chi connectivity index (χ1n) is 14.2. The predicted molar refractivity (Wildman–Crippen MR) is 166 cm³/mol. The van der Waals surface area contributed by atoms with Crippen LogP contribution in [0.1, 0.15) is 29.3 Å². The third kappa shape index (κ3) is 5.80. The maximum Gasteiger partial charge on any atom is 0.323 e. The Morgan fingerprint density at radius 1 is 1.05 bits per heavy atom. The fourth-order valence-electron chi connectivity index (χ4n) is 5.37. The Bertz CT molecular complexity index is 1780. The van der Waals surface area contributed by atoms with Crippen LogP contribution in [0.4, 0.5) is 26.4 Å². The first-order valence-corrected chi connectivity index (χ1v) is 15.7. The number of nitrogens with zero attached hydrogens (tertiary/aromatic N) is 5. The summed E-state index contributed by atoms with van der Waals surface area (Å²) >= 11 is 0. The molecule has 0 bridgehead atoms. The van der Waals surface area contributed by atoms with E-state index in [0.717, 1.165) is 0 Å². The Morgan fingerprint density at radius 2 is 1.73 bits per heavy atom. The number of urea groups is 1. The predicted octanol–water partition coefficient (Wildman–Crippen LogP) is 4.83. The van der Waals surface area contributed by atoms with Crippen LogP contribution in [-0.2, 0) is 26.4 Å². The highest BCUT2D eigenvalue weighted by molar-refractivity contribution is 7.93. The molecule has 2 aromatic carbocycles. The molecular weight excluding hydrogens is 585 g/mol. The number of morpholine rings is 1. The Balaban J connectivity index is 1.32. The van der Waals surface area contributed by atoms with Crippen molar-refractivity contribution in [1.29, 1.82) is 0 Å². The lowest BCUT2D eigenvalue weighted by atomic mass is 10.1. The number of halogens is 1. The van der Waals surface area contributed by atoms with Gasteiger partial charge in [0.2, 0.25) is 0 Å². The first kappa shape index (κ1) is 29.5. The van der Waals surface area contributed by atoms with E-state index >= 15 is 0 Å². The molecule has 6 rings (SSSR count). The second-order valence-corrected chi connectivity index (χ2v) is 13.2. The van der Waals surface area contributed by atoms with Crippen molar-refractivity contribution >= 4 is 33.1 Å². The molecule has 1 aliphatic heterocycles. The molecule has 1 unspecified atom stereocenters. The van der Waals surface area contributed by atoms with Gasteiger partial charge < -0.3 is 20.3 Å². The molecule has 4 aromatic rings. The number of rotatable bonds is 9. The Kier molecular flexibility index (Phi) is 7.91. The van der Waals surface area contributed by atoms with E-state index in [9.17, 15) is 17.6 Å². The smallest absolute Gasteiger partial charge is 0.323 e. The molecule has 11 nitrogen and oxygen atoms in total. The lowest BCUT2D eigenvalue weighted by molar-refractivity contribution is 0.122. The summed E-state index contributed by atoms with van der Waals surface area (Å²) in [5.41, 5.74) is 2.63. The lowest BCUT2D eigenvalue weighted by Crippen LogP contribution is -2.37. The van der Waals surface area contributed by atoms with Crippen LogP contribution in [0.15, 0.2) is 79.6 Å². The zero-order chi connectivity index (χ0) is 30.9. The average molecular weight is 618 g/mol. The summed E-state index contributed by atoms with van der Waals surface area (Å²) in [6.07, 6.45) is 5.42. The molecule has 2 N–H and O–H groups in total. The fourth-order valence-corrected chi connectivity index (χ4v) is 7.69. The normalized spacial score (nSPS) is 16.6. The van der Waals surface area contributed by atoms with Gasteiger partial charge in [0.15, 0.2) is 15.7 Å². The van der Waals surface area contributed by atoms with Gasteiger partial charge in [0.05, 0.1) is 30.8 Å². The number of carbonyl (C=O) groups is 1. The number of ether oxygens (including phenoxy) is 1. The van der Waals surface area contributed by atoms with E-state index in [2.05, 4.69) is 27.2 Å². The van der Waals surface area contributed by atoms with Crippen LogP contribution in [-0.4, -0.2) is 60.5 Å². The molecule has 0 spiro atoms. The van der Waals surface area contributed by atoms with Gasteiger partial charge in [-0.3, -0.25) is 4.68 Å². The number of hydrogen-bond acceptors (Lipinski definition) is 8. The maximum absolute atomic E-state index is 14.2. The second-order valence-electron chi connectivity index (χ2n) is 10.8. The summed E-state index contributed by atoms with van der Waals surface area (Å²) in [7, 11) is -2.13. The number of amides is 2. The van der Waals surface area contributed by atoms with Gasteiger partial charge in [-0.05, 0) is 54.8 Å². The van der Waals surface area contributed by atoms with Gasteiger partial charge in [-0.25, -0.2) is 27.6 Å². The largest absolute Gasteiger partial charge is 0.378 e. The van der Waals surface area contributed by atoms with Crippen LogP contribution in [0, 0.1) is 5.82 Å². The summed E-state index contributed by atoms with van der Waals surface area (Å²) in [4.78, 5) is 24.1. The fraction of sp³-hybridized carbons (Fsp3) is 0.290. The molecule has 228 valence electrons. The molecule has 2 aromatic heterocycles. The monoisotopic (exact) mass is 617 g/mol. The van der Waals surface area contributed by atoms with Crippen molar-refractivity contribution in [2.24, 2.45) is 7.05 Å². The quantitative estimate of drug-likeness (QED) is 0.256. The average Bonchev–Trinajstić information content (AvgIpc) is 3.76. The number of nitrogens with one attached hydrogen (secondary N) is 2. The molecule has 1 atom stereocenters. The Hall–Kier alpha value is -4.62. The van der Waals surface area contributed by atoms with E-state index in [-0.39, 0.29) is 0 Å². The number of sulfone groups is 1. The van der Waals surface area contributed by atoms with E-state index in [1.54, 1.807) is 54.5 Å². The molecule has 2 fully saturated rings. The summed E-state index contributed by atoms with van der Waals surface area (Å²) in [5, 5.41) is 8.51. The highest BCUT2D eigenvalue weighted by Crippen LogP contribution is 2.56. The molecule has 1 saturated heterocycles. The minimum absolute atomic E-state index is 0.369. The Labute approximate surface area is 254 Å². The first-order chi connectivity index (χ1) is 21.2. The van der Waals surface area contributed by atoms with Gasteiger partial charge in [-0.1, -0.05) is 18.2 Å². The maximum atomic E-state index is 14.2. The van der Waals surface area contributed by atoms with Crippen LogP contribution in [0.3, 0.4) is 0 Å². The van der Waals surface area contributed by atoms with Gasteiger partial charge in [-0.15, -0.1) is 6.58 Å². The minimum Gasteiger partial charge on any atom is -0.378 e. The van der Waals surface area contributed by atoms with Crippen molar-refractivity contribution in [3.63, 3.8) is 0 Å². The van der Waals surface area contributed by atoms with E-state index in [0.29, 0.717) is 79.0 Å². The molecule has 1 aliphatic carbocycles. The number of anilines is 3. The number of aryl methyl sites for hydroxylation is 1. The van der Waals surface area contributed by atoms with Crippen molar-refractivity contribution in [2.45, 2.75) is 22.8 Å². The molecular formula is C31H32FN7O4S. The minimum atomic E-state index is -3.88. The SMILES string of the molecule is C=CC(c1ccc(F)cc1)S(=O)(=O)C1(c2cc(N3CCOCC3)nc(-c3ccc(NC(=O)Nc4cnn(C)c4)cc3)n2)CC1.